The summed E-state index contributed by atoms with van der Waals surface area (Å²) in [4.78, 5) is 29.6. The number of alkyl halides is 3. The van der Waals surface area contributed by atoms with Crippen molar-refractivity contribution >= 4 is 28.9 Å². The highest BCUT2D eigenvalue weighted by Gasteiger charge is 2.43. The molecule has 0 heterocycles. The lowest BCUT2D eigenvalue weighted by molar-refractivity contribution is -0.201. The number of anilines is 3. The number of hydroxylamine groups is 1. The van der Waals surface area contributed by atoms with E-state index in [9.17, 15) is 22.8 Å². The summed E-state index contributed by atoms with van der Waals surface area (Å²) in [7, 11) is 5.13. The van der Waals surface area contributed by atoms with Crippen molar-refractivity contribution in [3.63, 3.8) is 0 Å². The van der Waals surface area contributed by atoms with Crippen LogP contribution < -0.4 is 20.9 Å². The number of nitrogens with zero attached hydrogens (tertiary/aromatic N) is 2. The number of nitrogens with two attached hydrogens (primary N) is 1. The minimum absolute atomic E-state index is 0.0289. The summed E-state index contributed by atoms with van der Waals surface area (Å²) < 4.78 is 42.9. The summed E-state index contributed by atoms with van der Waals surface area (Å²) in [5.74, 6) is -3.42. The molecule has 0 unspecified atom stereocenters. The Morgan fingerprint density at radius 2 is 1.96 bits per heavy atom. The average molecular weight is 404 g/mol. The Morgan fingerprint density at radius 3 is 2.46 bits per heavy atom. The molecule has 1 aromatic carbocycles. The average Bonchev–Trinajstić information content (AvgIpc) is 2.62. The zero-order valence-electron chi connectivity index (χ0n) is 15.8. The maximum Gasteiger partial charge on any atom is 0.493 e. The zero-order valence-corrected chi connectivity index (χ0v) is 15.8. The predicted molar refractivity (Wildman–Crippen MR) is 98.9 cm³/mol. The van der Waals surface area contributed by atoms with Gasteiger partial charge in [0.2, 0.25) is 0 Å². The van der Waals surface area contributed by atoms with Crippen LogP contribution in [0.4, 0.5) is 30.2 Å². The number of hydrogen-bond donors (Lipinski definition) is 2. The van der Waals surface area contributed by atoms with E-state index in [0.29, 0.717) is 19.0 Å². The van der Waals surface area contributed by atoms with E-state index in [1.807, 2.05) is 19.0 Å². The summed E-state index contributed by atoms with van der Waals surface area (Å²) in [6.45, 7) is 4.37. The SMILES string of the molecule is C=CC(=O)N(OC(=O)C(F)(F)F)c1cc(N)c(OC)cc1NCCCN(C)C. The quantitative estimate of drug-likeness (QED) is 0.297. The fraction of sp³-hybridized carbons (Fsp3) is 0.412. The molecule has 0 aromatic heterocycles. The first-order chi connectivity index (χ1) is 13.0. The third-order valence-electron chi connectivity index (χ3n) is 3.44. The van der Waals surface area contributed by atoms with Gasteiger partial charge >= 0.3 is 12.1 Å². The first kappa shape index (κ1) is 23.1. The van der Waals surface area contributed by atoms with Crippen LogP contribution >= 0.6 is 0 Å². The summed E-state index contributed by atoms with van der Waals surface area (Å²) in [6.07, 6.45) is -3.90. The number of benzene rings is 1. The summed E-state index contributed by atoms with van der Waals surface area (Å²) in [5.41, 5.74) is 5.83. The molecule has 0 bridgehead atoms. The molecule has 8 nitrogen and oxygen atoms in total. The van der Waals surface area contributed by atoms with E-state index in [2.05, 4.69) is 16.7 Å². The number of methoxy groups -OCH3 is 1. The van der Waals surface area contributed by atoms with Gasteiger partial charge in [0.15, 0.2) is 0 Å². The van der Waals surface area contributed by atoms with Gasteiger partial charge in [-0.1, -0.05) is 6.58 Å². The van der Waals surface area contributed by atoms with Crippen LogP contribution in [0.25, 0.3) is 0 Å². The van der Waals surface area contributed by atoms with E-state index >= 15 is 0 Å². The van der Waals surface area contributed by atoms with Crippen LogP contribution in [0.5, 0.6) is 5.75 Å². The fourth-order valence-electron chi connectivity index (χ4n) is 2.12. The van der Waals surface area contributed by atoms with E-state index in [0.717, 1.165) is 12.6 Å². The molecule has 0 radical (unpaired) electrons. The molecule has 11 heteroatoms. The molecule has 1 amide bonds. The van der Waals surface area contributed by atoms with Gasteiger partial charge in [0, 0.05) is 12.6 Å². The van der Waals surface area contributed by atoms with Crippen LogP contribution in [0.2, 0.25) is 0 Å². The van der Waals surface area contributed by atoms with E-state index < -0.39 is 18.1 Å². The molecule has 0 saturated heterocycles. The van der Waals surface area contributed by atoms with E-state index in [1.165, 1.54) is 13.2 Å². The normalized spacial score (nSPS) is 11.1. The number of hydrogen-bond acceptors (Lipinski definition) is 7. The van der Waals surface area contributed by atoms with Gasteiger partial charge in [0.1, 0.15) is 11.4 Å². The standard InChI is InChI=1S/C17H23F3N4O4/c1-5-15(25)24(28-16(26)17(18,19)20)13-9-11(21)14(27-4)10-12(13)22-7-6-8-23(2)3/h5,9-10,22H,1,6-8,21H2,2-4H3. The number of ether oxygens (including phenoxy) is 1. The molecule has 0 aliphatic carbocycles. The Bertz CT molecular complexity index is 723. The second-order valence-electron chi connectivity index (χ2n) is 5.91. The van der Waals surface area contributed by atoms with Gasteiger partial charge in [0.25, 0.3) is 5.91 Å². The number of amides is 1. The Morgan fingerprint density at radius 1 is 1.32 bits per heavy atom. The number of nitrogen functional groups attached to an aromatic ring is 1. The summed E-state index contributed by atoms with van der Waals surface area (Å²) in [6, 6.07) is 2.56. The maximum absolute atomic E-state index is 12.6. The van der Waals surface area contributed by atoms with Crippen molar-refractivity contribution < 1.29 is 32.3 Å². The second kappa shape index (κ2) is 9.83. The van der Waals surface area contributed by atoms with Crippen molar-refractivity contribution in [2.45, 2.75) is 12.6 Å². The number of rotatable bonds is 8. The Hall–Kier alpha value is -2.95. The van der Waals surface area contributed by atoms with Crippen LogP contribution in [0.3, 0.4) is 0 Å². The molecule has 0 aliphatic heterocycles. The van der Waals surface area contributed by atoms with Crippen molar-refractivity contribution in [2.75, 3.05) is 50.4 Å². The van der Waals surface area contributed by atoms with Crippen LogP contribution in [-0.4, -0.2) is 57.2 Å². The van der Waals surface area contributed by atoms with Crippen LogP contribution in [0.1, 0.15) is 6.42 Å². The minimum atomic E-state index is -5.29. The number of carbonyl (C=O) groups excluding carboxylic acids is 2. The maximum atomic E-state index is 12.6. The largest absolute Gasteiger partial charge is 0.495 e. The first-order valence-electron chi connectivity index (χ1n) is 8.13. The van der Waals surface area contributed by atoms with Crippen molar-refractivity contribution in [3.05, 3.63) is 24.8 Å². The number of nitrogens with one attached hydrogen (secondary N) is 1. The van der Waals surface area contributed by atoms with Gasteiger partial charge < -0.3 is 25.5 Å². The molecular formula is C17H23F3N4O4. The molecule has 1 rings (SSSR count). The van der Waals surface area contributed by atoms with Crippen molar-refractivity contribution in [2.24, 2.45) is 0 Å². The third kappa shape index (κ3) is 6.34. The van der Waals surface area contributed by atoms with Crippen LogP contribution in [0, 0.1) is 0 Å². The fourth-order valence-corrected chi connectivity index (χ4v) is 2.12. The van der Waals surface area contributed by atoms with Crippen LogP contribution in [0.15, 0.2) is 24.8 Å². The van der Waals surface area contributed by atoms with E-state index in [-0.39, 0.29) is 27.9 Å². The lowest BCUT2D eigenvalue weighted by Gasteiger charge is -2.24. The minimum Gasteiger partial charge on any atom is -0.495 e. The first-order valence-corrected chi connectivity index (χ1v) is 8.13. The molecular weight excluding hydrogens is 381 g/mol. The van der Waals surface area contributed by atoms with E-state index in [1.54, 1.807) is 0 Å². The topological polar surface area (TPSA) is 97.1 Å². The second-order valence-corrected chi connectivity index (χ2v) is 5.91. The lowest BCUT2D eigenvalue weighted by atomic mass is 10.2. The molecule has 1 aromatic rings. The molecule has 0 saturated carbocycles. The molecule has 156 valence electrons. The Balaban J connectivity index is 3.29. The monoisotopic (exact) mass is 404 g/mol. The Kier molecular flexibility index (Phi) is 8.11. The Labute approximate surface area is 160 Å². The lowest BCUT2D eigenvalue weighted by Crippen LogP contribution is -2.38. The van der Waals surface area contributed by atoms with Gasteiger partial charge in [-0.25, -0.2) is 4.79 Å². The number of halogens is 3. The molecule has 0 atom stereocenters. The van der Waals surface area contributed by atoms with Crippen LogP contribution in [-0.2, 0) is 14.4 Å². The summed E-state index contributed by atoms with van der Waals surface area (Å²) >= 11 is 0. The molecule has 0 spiro atoms. The zero-order chi connectivity index (χ0) is 21.5. The third-order valence-corrected chi connectivity index (χ3v) is 3.44. The van der Waals surface area contributed by atoms with Gasteiger partial charge in [-0.2, -0.15) is 13.2 Å². The van der Waals surface area contributed by atoms with Crippen molar-refractivity contribution in [1.82, 2.24) is 4.90 Å². The van der Waals surface area contributed by atoms with Gasteiger partial charge in [-0.3, -0.25) is 4.79 Å². The summed E-state index contributed by atoms with van der Waals surface area (Å²) in [5, 5.41) is 3.17. The highest BCUT2D eigenvalue weighted by atomic mass is 19.4. The number of carbonyl (C=O) groups is 2. The van der Waals surface area contributed by atoms with Crippen molar-refractivity contribution in [1.29, 1.82) is 0 Å². The van der Waals surface area contributed by atoms with Gasteiger partial charge in [-0.05, 0) is 39.2 Å². The molecule has 3 N–H and O–H groups in total. The van der Waals surface area contributed by atoms with Gasteiger partial charge in [-0.15, -0.1) is 5.06 Å². The molecule has 28 heavy (non-hydrogen) atoms. The highest BCUT2D eigenvalue weighted by molar-refractivity contribution is 6.03. The van der Waals surface area contributed by atoms with Crippen molar-refractivity contribution in [3.8, 4) is 5.75 Å². The van der Waals surface area contributed by atoms with Gasteiger partial charge in [0.05, 0.1) is 18.5 Å². The molecule has 0 aliphatic rings. The molecule has 0 fully saturated rings. The predicted octanol–water partition coefficient (Wildman–Crippen LogP) is 2.18. The smallest absolute Gasteiger partial charge is 0.493 e. The highest BCUT2D eigenvalue weighted by Crippen LogP contribution is 2.36. The van der Waals surface area contributed by atoms with E-state index in [4.69, 9.17) is 10.5 Å².